The van der Waals surface area contributed by atoms with Crippen molar-refractivity contribution < 1.29 is 14.3 Å². The summed E-state index contributed by atoms with van der Waals surface area (Å²) in [5.74, 6) is -0.688. The van der Waals surface area contributed by atoms with Gasteiger partial charge in [-0.1, -0.05) is 0 Å². The van der Waals surface area contributed by atoms with E-state index in [4.69, 9.17) is 4.74 Å². The lowest BCUT2D eigenvalue weighted by Crippen LogP contribution is -2.52. The van der Waals surface area contributed by atoms with E-state index in [1.54, 1.807) is 9.80 Å². The lowest BCUT2D eigenvalue weighted by Gasteiger charge is -2.33. The number of ether oxygens (including phenoxy) is 1. The van der Waals surface area contributed by atoms with Crippen molar-refractivity contribution in [1.29, 1.82) is 0 Å². The Balaban J connectivity index is 1.61. The van der Waals surface area contributed by atoms with Gasteiger partial charge >= 0.3 is 11.8 Å². The van der Waals surface area contributed by atoms with E-state index >= 15 is 0 Å². The number of hydrogen-bond donors (Lipinski definition) is 1. The van der Waals surface area contributed by atoms with E-state index in [9.17, 15) is 9.59 Å². The molecular weight excluding hydrogens is 246 g/mol. The Morgan fingerprint density at radius 1 is 0.947 bits per heavy atom. The summed E-state index contributed by atoms with van der Waals surface area (Å²) in [7, 11) is 0. The molecule has 0 radical (unpaired) electrons. The van der Waals surface area contributed by atoms with Crippen molar-refractivity contribution in [2.75, 3.05) is 39.3 Å². The minimum atomic E-state index is -0.345. The van der Waals surface area contributed by atoms with E-state index in [0.717, 1.165) is 32.4 Å². The van der Waals surface area contributed by atoms with Gasteiger partial charge < -0.3 is 19.9 Å². The molecule has 6 heteroatoms. The number of fused-ring (bicyclic) bond motifs is 2. The molecule has 6 nitrogen and oxygen atoms in total. The average molecular weight is 267 g/mol. The number of carbonyl (C=O) groups is 2. The zero-order valence-electron chi connectivity index (χ0n) is 11.1. The number of nitrogens with zero attached hydrogens (tertiary/aromatic N) is 2. The summed E-state index contributed by atoms with van der Waals surface area (Å²) >= 11 is 0. The second-order valence-electron chi connectivity index (χ2n) is 5.56. The van der Waals surface area contributed by atoms with Crippen LogP contribution < -0.4 is 5.32 Å². The van der Waals surface area contributed by atoms with Crippen LogP contribution in [0.4, 0.5) is 0 Å². The summed E-state index contributed by atoms with van der Waals surface area (Å²) in [6.45, 7) is 4.14. The molecule has 3 fully saturated rings. The second kappa shape index (κ2) is 5.46. The Morgan fingerprint density at radius 2 is 1.63 bits per heavy atom. The number of nitrogens with one attached hydrogen (secondary N) is 1. The number of likely N-dealkylation sites (tertiary alicyclic amines) is 1. The molecule has 2 bridgehead atoms. The first-order chi connectivity index (χ1) is 9.24. The van der Waals surface area contributed by atoms with Crippen molar-refractivity contribution in [1.82, 2.24) is 15.1 Å². The predicted molar refractivity (Wildman–Crippen MR) is 68.5 cm³/mol. The molecule has 3 rings (SSSR count). The van der Waals surface area contributed by atoms with E-state index in [1.807, 2.05) is 0 Å². The van der Waals surface area contributed by atoms with Crippen LogP contribution in [0, 0.1) is 0 Å². The highest BCUT2D eigenvalue weighted by atomic mass is 16.5. The van der Waals surface area contributed by atoms with Gasteiger partial charge in [-0.15, -0.1) is 0 Å². The van der Waals surface area contributed by atoms with Crippen molar-refractivity contribution in [3.63, 3.8) is 0 Å². The fourth-order valence-electron chi connectivity index (χ4n) is 3.10. The van der Waals surface area contributed by atoms with Crippen LogP contribution in [0.1, 0.15) is 19.3 Å². The molecule has 0 aliphatic carbocycles. The molecule has 3 aliphatic heterocycles. The van der Waals surface area contributed by atoms with Gasteiger partial charge in [0.15, 0.2) is 0 Å². The third-order valence-electron chi connectivity index (χ3n) is 4.14. The highest BCUT2D eigenvalue weighted by Gasteiger charge is 2.38. The van der Waals surface area contributed by atoms with Crippen LogP contribution in [0.25, 0.3) is 0 Å². The summed E-state index contributed by atoms with van der Waals surface area (Å²) < 4.78 is 5.69. The first kappa shape index (κ1) is 12.9. The second-order valence-corrected chi connectivity index (χ2v) is 5.56. The number of carbonyl (C=O) groups excluding carboxylic acids is 2. The number of amides is 2. The fraction of sp³-hybridized carbons (Fsp3) is 0.846. The zero-order valence-corrected chi connectivity index (χ0v) is 11.1. The van der Waals surface area contributed by atoms with Gasteiger partial charge in [0, 0.05) is 32.7 Å². The fourth-order valence-corrected chi connectivity index (χ4v) is 3.10. The highest BCUT2D eigenvalue weighted by molar-refractivity contribution is 6.34. The zero-order chi connectivity index (χ0) is 13.2. The van der Waals surface area contributed by atoms with Gasteiger partial charge in [0.1, 0.15) is 0 Å². The SMILES string of the molecule is O=C(C(=O)N1CC2CCC(C1)O2)N1CCCNCC1. The van der Waals surface area contributed by atoms with Gasteiger partial charge in [0.25, 0.3) is 0 Å². The molecule has 0 saturated carbocycles. The minimum absolute atomic E-state index is 0.140. The Hall–Kier alpha value is -1.14. The third-order valence-corrected chi connectivity index (χ3v) is 4.14. The van der Waals surface area contributed by atoms with Crippen molar-refractivity contribution >= 4 is 11.8 Å². The molecule has 1 N–H and O–H groups in total. The molecule has 2 unspecified atom stereocenters. The quantitative estimate of drug-likeness (QED) is 0.584. The molecule has 0 aromatic carbocycles. The molecule has 106 valence electrons. The topological polar surface area (TPSA) is 61.9 Å². The first-order valence-electron chi connectivity index (χ1n) is 7.18. The highest BCUT2D eigenvalue weighted by Crippen LogP contribution is 2.26. The normalized spacial score (nSPS) is 31.2. The number of rotatable bonds is 0. The molecule has 2 atom stereocenters. The Labute approximate surface area is 113 Å². The number of hydrogen-bond acceptors (Lipinski definition) is 4. The van der Waals surface area contributed by atoms with Gasteiger partial charge in [-0.05, 0) is 25.8 Å². The van der Waals surface area contributed by atoms with Gasteiger partial charge in [0.05, 0.1) is 12.2 Å². The molecule has 0 aromatic rings. The van der Waals surface area contributed by atoms with Crippen molar-refractivity contribution in [2.24, 2.45) is 0 Å². The van der Waals surface area contributed by atoms with Crippen LogP contribution in [-0.4, -0.2) is 73.1 Å². The van der Waals surface area contributed by atoms with Crippen molar-refractivity contribution in [2.45, 2.75) is 31.5 Å². The summed E-state index contributed by atoms with van der Waals surface area (Å²) in [6.07, 6.45) is 3.21. The van der Waals surface area contributed by atoms with E-state index in [-0.39, 0.29) is 24.0 Å². The lowest BCUT2D eigenvalue weighted by molar-refractivity contribution is -0.156. The Bertz CT molecular complexity index is 354. The van der Waals surface area contributed by atoms with Gasteiger partial charge in [-0.2, -0.15) is 0 Å². The molecule has 3 saturated heterocycles. The van der Waals surface area contributed by atoms with Gasteiger partial charge in [-0.25, -0.2) is 0 Å². The molecule has 0 spiro atoms. The minimum Gasteiger partial charge on any atom is -0.371 e. The van der Waals surface area contributed by atoms with Gasteiger partial charge in [0.2, 0.25) is 0 Å². The van der Waals surface area contributed by atoms with Crippen molar-refractivity contribution in [3.05, 3.63) is 0 Å². The molecular formula is C13H21N3O3. The van der Waals surface area contributed by atoms with E-state index in [2.05, 4.69) is 5.32 Å². The van der Waals surface area contributed by atoms with Crippen LogP contribution in [0.5, 0.6) is 0 Å². The molecule has 3 aliphatic rings. The maximum Gasteiger partial charge on any atom is 0.312 e. The Kier molecular flexibility index (Phi) is 3.70. The molecule has 2 amide bonds. The number of morpholine rings is 1. The largest absolute Gasteiger partial charge is 0.371 e. The standard InChI is InChI=1S/C13H21N3O3/c17-12(15-6-1-4-14-5-7-15)13(18)16-8-10-2-3-11(9-16)19-10/h10-11,14H,1-9H2. The van der Waals surface area contributed by atoms with E-state index in [0.29, 0.717) is 26.2 Å². The van der Waals surface area contributed by atoms with Gasteiger partial charge in [-0.3, -0.25) is 9.59 Å². The smallest absolute Gasteiger partial charge is 0.312 e. The van der Waals surface area contributed by atoms with E-state index in [1.165, 1.54) is 0 Å². The van der Waals surface area contributed by atoms with Crippen LogP contribution in [0.15, 0.2) is 0 Å². The summed E-state index contributed by atoms with van der Waals surface area (Å²) in [5.41, 5.74) is 0. The van der Waals surface area contributed by atoms with E-state index < -0.39 is 0 Å². The first-order valence-corrected chi connectivity index (χ1v) is 7.18. The monoisotopic (exact) mass is 267 g/mol. The summed E-state index contributed by atoms with van der Waals surface area (Å²) in [5, 5.41) is 3.24. The van der Waals surface area contributed by atoms with Crippen LogP contribution in [0.3, 0.4) is 0 Å². The van der Waals surface area contributed by atoms with Crippen LogP contribution in [0.2, 0.25) is 0 Å². The summed E-state index contributed by atoms with van der Waals surface area (Å²) in [4.78, 5) is 27.9. The molecule has 19 heavy (non-hydrogen) atoms. The Morgan fingerprint density at radius 3 is 2.37 bits per heavy atom. The van der Waals surface area contributed by atoms with Crippen LogP contribution >= 0.6 is 0 Å². The maximum atomic E-state index is 12.3. The van der Waals surface area contributed by atoms with Crippen LogP contribution in [-0.2, 0) is 14.3 Å². The predicted octanol–water partition coefficient (Wildman–Crippen LogP) is -0.802. The molecule has 3 heterocycles. The van der Waals surface area contributed by atoms with Crippen molar-refractivity contribution in [3.8, 4) is 0 Å². The average Bonchev–Trinajstić information content (AvgIpc) is 2.66. The third kappa shape index (κ3) is 2.74. The molecule has 0 aromatic heterocycles. The lowest BCUT2D eigenvalue weighted by atomic mass is 10.2. The summed E-state index contributed by atoms with van der Waals surface area (Å²) in [6, 6.07) is 0. The maximum absolute atomic E-state index is 12.3.